The minimum Gasteiger partial charge on any atom is -0.462 e. The van der Waals surface area contributed by atoms with Gasteiger partial charge in [-0.25, -0.2) is 9.18 Å². The third-order valence-electron chi connectivity index (χ3n) is 2.33. The average molecular weight is 268 g/mol. The van der Waals surface area contributed by atoms with E-state index in [0.717, 1.165) is 0 Å². The monoisotopic (exact) mass is 268 g/mol. The predicted octanol–water partition coefficient (Wildman–Crippen LogP) is 1.64. The summed E-state index contributed by atoms with van der Waals surface area (Å²) in [5.74, 6) is -0.808. The molecule has 0 radical (unpaired) electrons. The van der Waals surface area contributed by atoms with Crippen LogP contribution < -0.4 is 11.1 Å². The quantitative estimate of drug-likeness (QED) is 0.816. The molecule has 0 spiro atoms. The highest BCUT2D eigenvalue weighted by Gasteiger charge is 2.28. The fourth-order valence-corrected chi connectivity index (χ4v) is 2.51. The molecule has 0 amide bonds. The fraction of sp³-hybridized carbons (Fsp3) is 0.250. The fourth-order valence-electron chi connectivity index (χ4n) is 1.63. The smallest absolute Gasteiger partial charge is 0.346 e. The van der Waals surface area contributed by atoms with Gasteiger partial charge in [-0.3, -0.25) is 0 Å². The van der Waals surface area contributed by atoms with Crippen LogP contribution in [0.5, 0.6) is 0 Å². The summed E-state index contributed by atoms with van der Waals surface area (Å²) in [6.45, 7) is 2.02. The second kappa shape index (κ2) is 5.41. The Morgan fingerprint density at radius 2 is 2.39 bits per heavy atom. The molecule has 96 valence electrons. The lowest BCUT2D eigenvalue weighted by Crippen LogP contribution is -2.28. The predicted molar refractivity (Wildman–Crippen MR) is 68.7 cm³/mol. The summed E-state index contributed by atoms with van der Waals surface area (Å²) in [4.78, 5) is 12.2. The van der Waals surface area contributed by atoms with Gasteiger partial charge in [0.2, 0.25) is 0 Å². The van der Waals surface area contributed by atoms with Crippen LogP contribution in [-0.2, 0) is 9.53 Å². The third kappa shape index (κ3) is 2.65. The molecule has 6 heteroatoms. The molecule has 3 N–H and O–H groups in total. The highest BCUT2D eigenvalue weighted by atomic mass is 32.2. The Labute approximate surface area is 108 Å². The standard InChI is InChI=1S/C12H13FN2O2S/c1-2-17-11(16)10-9(15-12(14)18-10)7-4-3-5-8(13)6-7/h3-6,12,15H,2,14H2,1H3/t12-/m0/s1. The van der Waals surface area contributed by atoms with Gasteiger partial charge < -0.3 is 15.8 Å². The number of nitrogens with two attached hydrogens (primary N) is 1. The zero-order chi connectivity index (χ0) is 13.1. The van der Waals surface area contributed by atoms with Gasteiger partial charge in [0, 0.05) is 5.56 Å². The normalized spacial score (nSPS) is 18.7. The Balaban J connectivity index is 2.37. The molecule has 0 aliphatic carbocycles. The lowest BCUT2D eigenvalue weighted by molar-refractivity contribution is -0.137. The molecular weight excluding hydrogens is 255 g/mol. The molecule has 0 fully saturated rings. The van der Waals surface area contributed by atoms with Crippen LogP contribution in [0, 0.1) is 5.82 Å². The number of rotatable bonds is 3. The van der Waals surface area contributed by atoms with Gasteiger partial charge in [0.05, 0.1) is 12.3 Å². The van der Waals surface area contributed by atoms with Crippen molar-refractivity contribution in [3.05, 3.63) is 40.6 Å². The summed E-state index contributed by atoms with van der Waals surface area (Å²) in [6, 6.07) is 5.98. The molecule has 1 aromatic rings. The van der Waals surface area contributed by atoms with Crippen LogP contribution >= 0.6 is 11.8 Å². The van der Waals surface area contributed by atoms with E-state index in [1.807, 2.05) is 0 Å². The summed E-state index contributed by atoms with van der Waals surface area (Å²) in [6.07, 6.45) is 0. The Bertz CT molecular complexity index is 505. The van der Waals surface area contributed by atoms with Gasteiger partial charge in [0.25, 0.3) is 0 Å². The Morgan fingerprint density at radius 3 is 3.06 bits per heavy atom. The zero-order valence-corrected chi connectivity index (χ0v) is 10.6. The average Bonchev–Trinajstić information content (AvgIpc) is 2.72. The van der Waals surface area contributed by atoms with Gasteiger partial charge in [-0.2, -0.15) is 0 Å². The first kappa shape index (κ1) is 12.9. The number of nitrogens with one attached hydrogen (secondary N) is 1. The van der Waals surface area contributed by atoms with Crippen LogP contribution in [0.4, 0.5) is 4.39 Å². The van der Waals surface area contributed by atoms with Crippen LogP contribution in [0.1, 0.15) is 12.5 Å². The summed E-state index contributed by atoms with van der Waals surface area (Å²) in [5.41, 5.74) is 6.41. The second-order valence-electron chi connectivity index (χ2n) is 3.62. The minimum atomic E-state index is -0.442. The van der Waals surface area contributed by atoms with Crippen molar-refractivity contribution in [2.75, 3.05) is 6.61 Å². The number of hydrogen-bond donors (Lipinski definition) is 2. The number of esters is 1. The Hall–Kier alpha value is -1.53. The van der Waals surface area contributed by atoms with Gasteiger partial charge in [-0.15, -0.1) is 0 Å². The summed E-state index contributed by atoms with van der Waals surface area (Å²) in [7, 11) is 0. The topological polar surface area (TPSA) is 64.3 Å². The number of hydrogen-bond acceptors (Lipinski definition) is 5. The zero-order valence-electron chi connectivity index (χ0n) is 9.77. The van der Waals surface area contributed by atoms with E-state index < -0.39 is 11.5 Å². The van der Waals surface area contributed by atoms with Crippen LogP contribution in [0.2, 0.25) is 0 Å². The second-order valence-corrected chi connectivity index (χ2v) is 4.77. The van der Waals surface area contributed by atoms with Crippen molar-refractivity contribution in [3.63, 3.8) is 0 Å². The number of ether oxygens (including phenoxy) is 1. The first-order valence-corrected chi connectivity index (χ1v) is 6.36. The van der Waals surface area contributed by atoms with E-state index in [4.69, 9.17) is 10.5 Å². The van der Waals surface area contributed by atoms with Gasteiger partial charge in [-0.1, -0.05) is 23.9 Å². The molecule has 4 nitrogen and oxygen atoms in total. The Kier molecular flexibility index (Phi) is 3.88. The first-order chi connectivity index (χ1) is 8.61. The van der Waals surface area contributed by atoms with Gasteiger partial charge >= 0.3 is 5.97 Å². The van der Waals surface area contributed by atoms with E-state index in [2.05, 4.69) is 5.32 Å². The van der Waals surface area contributed by atoms with Crippen molar-refractivity contribution in [1.29, 1.82) is 0 Å². The number of benzene rings is 1. The maximum absolute atomic E-state index is 13.2. The molecule has 0 saturated carbocycles. The molecule has 0 saturated heterocycles. The van der Waals surface area contributed by atoms with Gasteiger partial charge in [0.15, 0.2) is 0 Å². The molecule has 1 heterocycles. The maximum atomic E-state index is 13.2. The number of halogens is 1. The number of carbonyl (C=O) groups is 1. The minimum absolute atomic E-state index is 0.286. The molecule has 1 atom stereocenters. The van der Waals surface area contributed by atoms with Crippen LogP contribution in [0.15, 0.2) is 29.2 Å². The molecule has 0 aromatic heterocycles. The SMILES string of the molecule is CCOC(=O)C1=C(c2cccc(F)c2)N[C@H](N)S1. The van der Waals surface area contributed by atoms with E-state index in [1.54, 1.807) is 19.1 Å². The molecule has 1 aliphatic rings. The molecule has 0 unspecified atom stereocenters. The van der Waals surface area contributed by atoms with Crippen molar-refractivity contribution in [2.24, 2.45) is 5.73 Å². The van der Waals surface area contributed by atoms with E-state index in [1.165, 1.54) is 23.9 Å². The third-order valence-corrected chi connectivity index (χ3v) is 3.31. The molecule has 0 bridgehead atoms. The first-order valence-electron chi connectivity index (χ1n) is 5.48. The van der Waals surface area contributed by atoms with Gasteiger partial charge in [-0.05, 0) is 19.1 Å². The van der Waals surface area contributed by atoms with E-state index in [0.29, 0.717) is 16.2 Å². The van der Waals surface area contributed by atoms with Crippen LogP contribution in [0.25, 0.3) is 5.70 Å². The molecule has 1 aliphatic heterocycles. The van der Waals surface area contributed by atoms with Crippen molar-refractivity contribution in [3.8, 4) is 0 Å². The lowest BCUT2D eigenvalue weighted by Gasteiger charge is -2.07. The van der Waals surface area contributed by atoms with Crippen molar-refractivity contribution in [2.45, 2.75) is 12.4 Å². The maximum Gasteiger partial charge on any atom is 0.346 e. The van der Waals surface area contributed by atoms with Crippen LogP contribution in [-0.4, -0.2) is 18.1 Å². The van der Waals surface area contributed by atoms with Gasteiger partial charge in [0.1, 0.15) is 16.2 Å². The number of carbonyl (C=O) groups excluding carboxylic acids is 1. The summed E-state index contributed by atoms with van der Waals surface area (Å²) in [5, 5.41) is 2.94. The summed E-state index contributed by atoms with van der Waals surface area (Å²) < 4.78 is 18.1. The Morgan fingerprint density at radius 1 is 1.61 bits per heavy atom. The van der Waals surface area contributed by atoms with Crippen LogP contribution in [0.3, 0.4) is 0 Å². The molecule has 1 aromatic carbocycles. The van der Waals surface area contributed by atoms with E-state index >= 15 is 0 Å². The molecule has 18 heavy (non-hydrogen) atoms. The van der Waals surface area contributed by atoms with E-state index in [9.17, 15) is 9.18 Å². The molecule has 2 rings (SSSR count). The largest absolute Gasteiger partial charge is 0.462 e. The van der Waals surface area contributed by atoms with Crippen molar-refractivity contribution < 1.29 is 13.9 Å². The van der Waals surface area contributed by atoms with E-state index in [-0.39, 0.29) is 12.4 Å². The molecular formula is C12H13FN2O2S. The highest BCUT2D eigenvalue weighted by molar-refractivity contribution is 8.05. The highest BCUT2D eigenvalue weighted by Crippen LogP contribution is 2.34. The summed E-state index contributed by atoms with van der Waals surface area (Å²) >= 11 is 1.17. The number of thioether (sulfide) groups is 1. The van der Waals surface area contributed by atoms with Crippen molar-refractivity contribution >= 4 is 23.4 Å². The van der Waals surface area contributed by atoms with Crippen molar-refractivity contribution in [1.82, 2.24) is 5.32 Å². The lowest BCUT2D eigenvalue weighted by atomic mass is 10.1.